The highest BCUT2D eigenvalue weighted by Crippen LogP contribution is 2.56. The zero-order chi connectivity index (χ0) is 19.0. The normalized spacial score (nSPS) is 11.2. The molecule has 0 radical (unpaired) electrons. The van der Waals surface area contributed by atoms with Crippen molar-refractivity contribution in [2.75, 3.05) is 0 Å². The third-order valence-electron chi connectivity index (χ3n) is 4.72. The molecule has 0 fully saturated rings. The Hall–Kier alpha value is -1.77. The van der Waals surface area contributed by atoms with E-state index in [1.54, 1.807) is 6.92 Å². The van der Waals surface area contributed by atoms with Crippen LogP contribution in [0.4, 0.5) is 0 Å². The Labute approximate surface area is 186 Å². The minimum atomic E-state index is -1.88. The predicted molar refractivity (Wildman–Crippen MR) is 119 cm³/mol. The van der Waals surface area contributed by atoms with Crippen LogP contribution in [0.3, 0.4) is 0 Å². The van der Waals surface area contributed by atoms with Crippen LogP contribution >= 0.6 is 7.26 Å². The zero-order valence-corrected chi connectivity index (χ0v) is 19.2. The Kier molecular flexibility index (Phi) is 9.08. The first-order valence-corrected chi connectivity index (χ1v) is 11.3. The summed E-state index contributed by atoms with van der Waals surface area (Å²) in [4.78, 5) is 11.3. The Balaban J connectivity index is 0.00000280. The van der Waals surface area contributed by atoms with Crippen molar-refractivity contribution in [3.8, 4) is 0 Å². The lowest BCUT2D eigenvalue weighted by Gasteiger charge is -2.24. The fourth-order valence-electron chi connectivity index (χ4n) is 3.40. The van der Waals surface area contributed by atoms with Gasteiger partial charge in [0.2, 0.25) is 0 Å². The first-order valence-electron chi connectivity index (χ1n) is 9.46. The molecule has 28 heavy (non-hydrogen) atoms. The summed E-state index contributed by atoms with van der Waals surface area (Å²) in [6.07, 6.45) is 4.76. The van der Waals surface area contributed by atoms with E-state index in [0.717, 1.165) is 12.8 Å². The maximum atomic E-state index is 11.3. The van der Waals surface area contributed by atoms with Gasteiger partial charge in [-0.15, -0.1) is 0 Å². The van der Waals surface area contributed by atoms with Gasteiger partial charge in [-0.25, -0.2) is 0 Å². The molecule has 0 amide bonds. The molecule has 0 aromatic heterocycles. The first kappa shape index (κ1) is 22.5. The average Bonchev–Trinajstić information content (AvgIpc) is 2.73. The molecule has 0 heterocycles. The number of benzene rings is 3. The Morgan fingerprint density at radius 1 is 0.750 bits per heavy atom. The maximum absolute atomic E-state index is 11.3. The summed E-state index contributed by atoms with van der Waals surface area (Å²) in [6.45, 7) is 1.67. The summed E-state index contributed by atoms with van der Waals surface area (Å²) >= 11 is 0. The standard InChI is InChI=1S/C25H26OP.HI/c1-22(26)14-6-5-13-21-27(23-15-7-2-8-16-23,24-17-9-3-10-18-24)25-19-11-4-12-20-25;/h2-4,7-13,15-21H,5-6,14H2,1H3;1H/q+1;/p-1. The number of rotatable bonds is 8. The van der Waals surface area contributed by atoms with Crippen LogP contribution < -0.4 is 39.9 Å². The van der Waals surface area contributed by atoms with Crippen LogP contribution in [0, 0.1) is 0 Å². The monoisotopic (exact) mass is 500 g/mol. The fourth-order valence-corrected chi connectivity index (χ4v) is 7.20. The highest BCUT2D eigenvalue weighted by molar-refractivity contribution is 7.98. The van der Waals surface area contributed by atoms with E-state index in [9.17, 15) is 4.79 Å². The van der Waals surface area contributed by atoms with Crippen LogP contribution in [0.5, 0.6) is 0 Å². The average molecular weight is 500 g/mol. The van der Waals surface area contributed by atoms with Crippen molar-refractivity contribution in [2.45, 2.75) is 26.2 Å². The van der Waals surface area contributed by atoms with Gasteiger partial charge in [-0.1, -0.05) is 54.6 Å². The number of ketones is 1. The number of hydrogen-bond donors (Lipinski definition) is 0. The van der Waals surface area contributed by atoms with Crippen molar-refractivity contribution < 1.29 is 28.8 Å². The number of hydrogen-bond acceptors (Lipinski definition) is 1. The molecule has 3 rings (SSSR count). The van der Waals surface area contributed by atoms with Crippen LogP contribution in [0.1, 0.15) is 26.2 Å². The van der Waals surface area contributed by atoms with E-state index in [2.05, 4.69) is 103 Å². The molecule has 0 saturated heterocycles. The lowest BCUT2D eigenvalue weighted by molar-refractivity contribution is -0.117. The van der Waals surface area contributed by atoms with Crippen LogP contribution in [-0.2, 0) is 4.79 Å². The third kappa shape index (κ3) is 5.40. The second-order valence-corrected chi connectivity index (χ2v) is 10.0. The molecular weight excluding hydrogens is 474 g/mol. The van der Waals surface area contributed by atoms with Crippen LogP contribution in [-0.4, -0.2) is 5.78 Å². The van der Waals surface area contributed by atoms with Gasteiger partial charge in [-0.2, -0.15) is 0 Å². The molecular formula is C25H26IOP. The van der Waals surface area contributed by atoms with Crippen molar-refractivity contribution in [2.24, 2.45) is 0 Å². The molecule has 0 aliphatic carbocycles. The molecule has 0 bridgehead atoms. The molecule has 0 N–H and O–H groups in total. The number of Topliss-reactive ketones (excluding diaryl/α,β-unsaturated/α-hetero) is 1. The van der Waals surface area contributed by atoms with Crippen LogP contribution in [0.25, 0.3) is 0 Å². The molecule has 3 aromatic rings. The minimum absolute atomic E-state index is 0. The second-order valence-electron chi connectivity index (χ2n) is 6.71. The largest absolute Gasteiger partial charge is 1.00 e. The van der Waals surface area contributed by atoms with Gasteiger partial charge in [0.1, 0.15) is 29.0 Å². The smallest absolute Gasteiger partial charge is 0.136 e. The van der Waals surface area contributed by atoms with Crippen LogP contribution in [0.2, 0.25) is 0 Å². The molecule has 0 atom stereocenters. The molecule has 3 heteroatoms. The molecule has 0 saturated carbocycles. The van der Waals surface area contributed by atoms with E-state index < -0.39 is 7.26 Å². The van der Waals surface area contributed by atoms with Gasteiger partial charge in [0.15, 0.2) is 0 Å². The maximum Gasteiger partial charge on any atom is 0.136 e. The Bertz CT molecular complexity index is 780. The number of allylic oxidation sites excluding steroid dienone is 1. The fraction of sp³-hybridized carbons (Fsp3) is 0.160. The summed E-state index contributed by atoms with van der Waals surface area (Å²) in [5.74, 6) is 2.69. The van der Waals surface area contributed by atoms with E-state index in [0.29, 0.717) is 6.42 Å². The van der Waals surface area contributed by atoms with Crippen molar-refractivity contribution in [3.63, 3.8) is 0 Å². The zero-order valence-electron chi connectivity index (χ0n) is 16.2. The molecule has 0 spiro atoms. The lowest BCUT2D eigenvalue weighted by atomic mass is 10.2. The SMILES string of the molecule is CC(=O)CCCC=C[P+](c1ccccc1)(c1ccccc1)c1ccccc1.[I-]. The van der Waals surface area contributed by atoms with E-state index >= 15 is 0 Å². The van der Waals surface area contributed by atoms with Gasteiger partial charge >= 0.3 is 0 Å². The third-order valence-corrected chi connectivity index (χ3v) is 8.72. The Morgan fingerprint density at radius 2 is 1.14 bits per heavy atom. The summed E-state index contributed by atoms with van der Waals surface area (Å²) in [5, 5.41) is 4.06. The van der Waals surface area contributed by atoms with E-state index in [1.165, 1.54) is 15.9 Å². The molecule has 0 aliphatic heterocycles. The lowest BCUT2D eigenvalue weighted by Crippen LogP contribution is -3.00. The van der Waals surface area contributed by atoms with Crippen molar-refractivity contribution in [1.29, 1.82) is 0 Å². The highest BCUT2D eigenvalue weighted by atomic mass is 127. The number of carbonyl (C=O) groups excluding carboxylic acids is 1. The van der Waals surface area contributed by atoms with Gasteiger partial charge in [-0.3, -0.25) is 0 Å². The molecule has 1 nitrogen and oxygen atoms in total. The topological polar surface area (TPSA) is 17.1 Å². The number of unbranched alkanes of at least 4 members (excludes halogenated alkanes) is 1. The van der Waals surface area contributed by atoms with E-state index in [-0.39, 0.29) is 29.8 Å². The second kappa shape index (κ2) is 11.3. The molecule has 0 aliphatic rings. The number of carbonyl (C=O) groups is 1. The molecule has 0 unspecified atom stereocenters. The van der Waals surface area contributed by atoms with E-state index in [4.69, 9.17) is 0 Å². The first-order chi connectivity index (χ1) is 13.2. The van der Waals surface area contributed by atoms with Crippen molar-refractivity contribution in [1.82, 2.24) is 0 Å². The van der Waals surface area contributed by atoms with Gasteiger partial charge in [0.05, 0.1) is 5.82 Å². The summed E-state index contributed by atoms with van der Waals surface area (Å²) < 4.78 is 0. The highest BCUT2D eigenvalue weighted by Gasteiger charge is 2.42. The summed E-state index contributed by atoms with van der Waals surface area (Å²) in [5.41, 5.74) is 0. The summed E-state index contributed by atoms with van der Waals surface area (Å²) in [7, 11) is -1.88. The van der Waals surface area contributed by atoms with E-state index in [1.807, 2.05) is 0 Å². The van der Waals surface area contributed by atoms with Gasteiger partial charge in [0.25, 0.3) is 0 Å². The molecule has 144 valence electrons. The Morgan fingerprint density at radius 3 is 1.50 bits per heavy atom. The summed E-state index contributed by atoms with van der Waals surface area (Å²) in [6, 6.07) is 32.4. The van der Waals surface area contributed by atoms with Crippen molar-refractivity contribution in [3.05, 3.63) is 103 Å². The minimum Gasteiger partial charge on any atom is -1.00 e. The molecule has 3 aromatic carbocycles. The van der Waals surface area contributed by atoms with Crippen LogP contribution in [0.15, 0.2) is 103 Å². The van der Waals surface area contributed by atoms with Gasteiger partial charge < -0.3 is 28.8 Å². The van der Waals surface area contributed by atoms with Gasteiger partial charge in [-0.05, 0) is 62.2 Å². The van der Waals surface area contributed by atoms with Crippen molar-refractivity contribution >= 4 is 29.0 Å². The van der Waals surface area contributed by atoms with Gasteiger partial charge in [0, 0.05) is 6.42 Å². The quantitative estimate of drug-likeness (QED) is 0.264. The number of halogens is 1. The predicted octanol–water partition coefficient (Wildman–Crippen LogP) is 2.26.